The SMILES string of the molecule is COc1c(N)ncnc1N(C)Cc1ccccc1Cl. The van der Waals surface area contributed by atoms with Gasteiger partial charge in [0, 0.05) is 18.6 Å². The number of halogens is 1. The predicted octanol–water partition coefficient (Wildman–Crippen LogP) is 2.36. The molecule has 1 aromatic heterocycles. The molecule has 1 aromatic carbocycles. The molecule has 0 fully saturated rings. The highest BCUT2D eigenvalue weighted by Gasteiger charge is 2.14. The third-order valence-corrected chi connectivity index (χ3v) is 3.11. The van der Waals surface area contributed by atoms with Crippen molar-refractivity contribution in [3.8, 4) is 5.75 Å². The van der Waals surface area contributed by atoms with E-state index >= 15 is 0 Å². The molecule has 0 unspecified atom stereocenters. The molecule has 0 aliphatic heterocycles. The standard InChI is InChI=1S/C13H15ClN4O/c1-18(7-9-5-3-4-6-10(9)14)13-11(19-2)12(15)16-8-17-13/h3-6,8H,7H2,1-2H3,(H2,15,16,17). The number of ether oxygens (including phenoxy) is 1. The Kier molecular flexibility index (Phi) is 4.06. The second-order valence-corrected chi connectivity index (χ2v) is 4.47. The highest BCUT2D eigenvalue weighted by molar-refractivity contribution is 6.31. The number of nitrogens with two attached hydrogens (primary N) is 1. The van der Waals surface area contributed by atoms with Gasteiger partial charge in [-0.3, -0.25) is 0 Å². The zero-order valence-corrected chi connectivity index (χ0v) is 11.6. The summed E-state index contributed by atoms with van der Waals surface area (Å²) in [5.41, 5.74) is 6.77. The normalized spacial score (nSPS) is 10.3. The first kappa shape index (κ1) is 13.4. The molecule has 2 rings (SSSR count). The van der Waals surface area contributed by atoms with E-state index in [2.05, 4.69) is 9.97 Å². The van der Waals surface area contributed by atoms with Crippen LogP contribution in [0.3, 0.4) is 0 Å². The van der Waals surface area contributed by atoms with Crippen LogP contribution in [0.4, 0.5) is 11.6 Å². The lowest BCUT2D eigenvalue weighted by atomic mass is 10.2. The van der Waals surface area contributed by atoms with E-state index in [-0.39, 0.29) is 0 Å². The Bertz CT molecular complexity index is 576. The summed E-state index contributed by atoms with van der Waals surface area (Å²) in [7, 11) is 3.44. The monoisotopic (exact) mass is 278 g/mol. The summed E-state index contributed by atoms with van der Waals surface area (Å²) in [6.07, 6.45) is 1.41. The van der Waals surface area contributed by atoms with Crippen molar-refractivity contribution in [1.82, 2.24) is 9.97 Å². The summed E-state index contributed by atoms with van der Waals surface area (Å²) in [4.78, 5) is 10.0. The summed E-state index contributed by atoms with van der Waals surface area (Å²) in [6, 6.07) is 7.67. The maximum atomic E-state index is 6.15. The molecule has 2 aromatic rings. The number of aromatic nitrogens is 2. The van der Waals surface area contributed by atoms with Gasteiger partial charge in [0.05, 0.1) is 7.11 Å². The van der Waals surface area contributed by atoms with Gasteiger partial charge in [0.15, 0.2) is 11.6 Å². The minimum absolute atomic E-state index is 0.318. The van der Waals surface area contributed by atoms with Gasteiger partial charge >= 0.3 is 0 Å². The van der Waals surface area contributed by atoms with Crippen molar-refractivity contribution in [2.45, 2.75) is 6.54 Å². The Labute approximate surface area is 117 Å². The number of hydrogen-bond donors (Lipinski definition) is 1. The average molecular weight is 279 g/mol. The number of methoxy groups -OCH3 is 1. The van der Waals surface area contributed by atoms with Gasteiger partial charge in [0.1, 0.15) is 6.33 Å². The lowest BCUT2D eigenvalue weighted by Crippen LogP contribution is -2.19. The Morgan fingerprint density at radius 2 is 2.05 bits per heavy atom. The molecule has 0 saturated carbocycles. The van der Waals surface area contributed by atoms with E-state index in [0.29, 0.717) is 23.9 Å². The molecule has 5 nitrogen and oxygen atoms in total. The Morgan fingerprint density at radius 3 is 2.74 bits per heavy atom. The van der Waals surface area contributed by atoms with Crippen LogP contribution in [0.15, 0.2) is 30.6 Å². The van der Waals surface area contributed by atoms with Crippen molar-refractivity contribution in [3.63, 3.8) is 0 Å². The van der Waals surface area contributed by atoms with Crippen LogP contribution in [0, 0.1) is 0 Å². The molecular weight excluding hydrogens is 264 g/mol. The van der Waals surface area contributed by atoms with Gasteiger partial charge in [-0.1, -0.05) is 29.8 Å². The number of benzene rings is 1. The van der Waals surface area contributed by atoms with Crippen LogP contribution in [-0.4, -0.2) is 24.1 Å². The summed E-state index contributed by atoms with van der Waals surface area (Å²) in [5, 5.41) is 0.718. The van der Waals surface area contributed by atoms with Gasteiger partial charge in [-0.05, 0) is 11.6 Å². The summed E-state index contributed by atoms with van der Waals surface area (Å²) < 4.78 is 5.24. The fourth-order valence-electron chi connectivity index (χ4n) is 1.80. The van der Waals surface area contributed by atoms with Crippen LogP contribution in [0.2, 0.25) is 5.02 Å². The van der Waals surface area contributed by atoms with E-state index in [9.17, 15) is 0 Å². The first-order valence-corrected chi connectivity index (χ1v) is 6.10. The average Bonchev–Trinajstić information content (AvgIpc) is 2.41. The van der Waals surface area contributed by atoms with E-state index in [4.69, 9.17) is 22.1 Å². The summed E-state index contributed by atoms with van der Waals surface area (Å²) in [6.45, 7) is 0.604. The fraction of sp³-hybridized carbons (Fsp3) is 0.231. The third kappa shape index (κ3) is 2.88. The van der Waals surface area contributed by atoms with E-state index in [1.54, 1.807) is 7.11 Å². The quantitative estimate of drug-likeness (QED) is 0.930. The van der Waals surface area contributed by atoms with Crippen molar-refractivity contribution in [2.24, 2.45) is 0 Å². The van der Waals surface area contributed by atoms with Gasteiger partial charge in [0.25, 0.3) is 0 Å². The van der Waals surface area contributed by atoms with Crippen molar-refractivity contribution in [1.29, 1.82) is 0 Å². The molecule has 0 amide bonds. The van der Waals surface area contributed by atoms with Crippen LogP contribution < -0.4 is 15.4 Å². The Morgan fingerprint density at radius 1 is 1.32 bits per heavy atom. The number of anilines is 2. The molecule has 0 radical (unpaired) electrons. The van der Waals surface area contributed by atoms with Crippen molar-refractivity contribution < 1.29 is 4.74 Å². The zero-order chi connectivity index (χ0) is 13.8. The van der Waals surface area contributed by atoms with Gasteiger partial charge in [-0.15, -0.1) is 0 Å². The fourth-order valence-corrected chi connectivity index (χ4v) is 2.00. The number of nitrogen functional groups attached to an aromatic ring is 1. The highest BCUT2D eigenvalue weighted by atomic mass is 35.5. The van der Waals surface area contributed by atoms with Gasteiger partial charge < -0.3 is 15.4 Å². The minimum atomic E-state index is 0.318. The molecule has 0 bridgehead atoms. The largest absolute Gasteiger partial charge is 0.490 e. The molecule has 0 aliphatic rings. The van der Waals surface area contributed by atoms with E-state index < -0.39 is 0 Å². The molecule has 6 heteroatoms. The van der Waals surface area contributed by atoms with Crippen LogP contribution in [-0.2, 0) is 6.54 Å². The molecule has 100 valence electrons. The number of rotatable bonds is 4. The first-order chi connectivity index (χ1) is 9.13. The van der Waals surface area contributed by atoms with Crippen molar-refractivity contribution in [2.75, 3.05) is 24.8 Å². The molecule has 1 heterocycles. The Hall–Kier alpha value is -2.01. The molecule has 0 aliphatic carbocycles. The van der Waals surface area contributed by atoms with Crippen LogP contribution in [0.25, 0.3) is 0 Å². The van der Waals surface area contributed by atoms with Crippen LogP contribution in [0.1, 0.15) is 5.56 Å². The first-order valence-electron chi connectivity index (χ1n) is 5.72. The molecule has 0 saturated heterocycles. The molecular formula is C13H15ClN4O. The van der Waals surface area contributed by atoms with E-state index in [1.807, 2.05) is 36.2 Å². The smallest absolute Gasteiger partial charge is 0.204 e. The lowest BCUT2D eigenvalue weighted by molar-refractivity contribution is 0.413. The molecule has 19 heavy (non-hydrogen) atoms. The number of hydrogen-bond acceptors (Lipinski definition) is 5. The van der Waals surface area contributed by atoms with E-state index in [1.165, 1.54) is 6.33 Å². The predicted molar refractivity (Wildman–Crippen MR) is 76.6 cm³/mol. The van der Waals surface area contributed by atoms with Crippen molar-refractivity contribution in [3.05, 3.63) is 41.2 Å². The number of nitrogens with zero attached hydrogens (tertiary/aromatic N) is 3. The lowest BCUT2D eigenvalue weighted by Gasteiger charge is -2.21. The summed E-state index contributed by atoms with van der Waals surface area (Å²) >= 11 is 6.15. The third-order valence-electron chi connectivity index (χ3n) is 2.74. The van der Waals surface area contributed by atoms with Crippen molar-refractivity contribution >= 4 is 23.2 Å². The van der Waals surface area contributed by atoms with Gasteiger partial charge in [0.2, 0.25) is 5.75 Å². The highest BCUT2D eigenvalue weighted by Crippen LogP contribution is 2.30. The maximum Gasteiger partial charge on any atom is 0.204 e. The second kappa shape index (κ2) is 5.75. The summed E-state index contributed by atoms with van der Waals surface area (Å²) in [5.74, 6) is 1.42. The molecule has 0 atom stereocenters. The zero-order valence-electron chi connectivity index (χ0n) is 10.8. The Balaban J connectivity index is 2.28. The van der Waals surface area contributed by atoms with Gasteiger partial charge in [-0.25, -0.2) is 9.97 Å². The van der Waals surface area contributed by atoms with Crippen LogP contribution >= 0.6 is 11.6 Å². The molecule has 0 spiro atoms. The maximum absolute atomic E-state index is 6.15. The van der Waals surface area contributed by atoms with Crippen LogP contribution in [0.5, 0.6) is 5.75 Å². The second-order valence-electron chi connectivity index (χ2n) is 4.06. The minimum Gasteiger partial charge on any atom is -0.490 e. The van der Waals surface area contributed by atoms with E-state index in [0.717, 1.165) is 10.6 Å². The van der Waals surface area contributed by atoms with Gasteiger partial charge in [-0.2, -0.15) is 0 Å². The topological polar surface area (TPSA) is 64.3 Å². The molecule has 2 N–H and O–H groups in total.